The minimum atomic E-state index is -2.53. The molecule has 2 aromatic heterocycles. The molecule has 124 valence electrons. The van der Waals surface area contributed by atoms with E-state index in [2.05, 4.69) is 9.97 Å². The number of rotatable bonds is 1. The van der Waals surface area contributed by atoms with Crippen LogP contribution in [0.15, 0.2) is 23.1 Å². The molecule has 1 saturated carbocycles. The zero-order valence-corrected chi connectivity index (χ0v) is 13.0. The second kappa shape index (κ2) is 5.00. The number of H-pyrrole nitrogens is 1. The number of nitrogens with one attached hydrogen (secondary N) is 1. The molecule has 1 aliphatic heterocycles. The molecule has 0 amide bonds. The summed E-state index contributed by atoms with van der Waals surface area (Å²) in [7, 11) is 0. The van der Waals surface area contributed by atoms with Crippen LogP contribution < -0.4 is 10.5 Å². The topological polar surface area (TPSA) is 72.8 Å². The minimum absolute atomic E-state index is 0.0380. The Morgan fingerprint density at radius 1 is 1.29 bits per heavy atom. The molecule has 1 aliphatic carbocycles. The number of fused-ring (bicyclic) bond motifs is 1. The second-order valence-corrected chi connectivity index (χ2v) is 6.89. The number of halogens is 2. The largest absolute Gasteiger partial charge is 0.368 e. The van der Waals surface area contributed by atoms with E-state index in [1.165, 1.54) is 0 Å². The fourth-order valence-corrected chi connectivity index (χ4v) is 4.12. The van der Waals surface area contributed by atoms with Crippen molar-refractivity contribution in [2.75, 3.05) is 18.0 Å². The van der Waals surface area contributed by atoms with Crippen molar-refractivity contribution in [3.8, 4) is 6.07 Å². The van der Waals surface area contributed by atoms with Crippen LogP contribution in [-0.2, 0) is 0 Å². The SMILES string of the molecule is N#Cc1c(N2CCC3(CC2)CC(F)(F)C3)c2ncccc2[nH]c1=O. The van der Waals surface area contributed by atoms with Crippen LogP contribution in [0.25, 0.3) is 11.0 Å². The third-order valence-corrected chi connectivity index (χ3v) is 5.26. The van der Waals surface area contributed by atoms with Gasteiger partial charge >= 0.3 is 0 Å². The molecule has 1 saturated heterocycles. The predicted molar refractivity (Wildman–Crippen MR) is 85.1 cm³/mol. The second-order valence-electron chi connectivity index (χ2n) is 6.89. The first-order valence-corrected chi connectivity index (χ1v) is 7.97. The van der Waals surface area contributed by atoms with Crippen molar-refractivity contribution >= 4 is 16.7 Å². The molecule has 0 atom stereocenters. The summed E-state index contributed by atoms with van der Waals surface area (Å²) in [5.74, 6) is -2.53. The first-order chi connectivity index (χ1) is 11.4. The summed E-state index contributed by atoms with van der Waals surface area (Å²) in [6.07, 6.45) is 2.81. The molecule has 0 unspecified atom stereocenters. The molecule has 0 radical (unpaired) electrons. The van der Waals surface area contributed by atoms with Crippen LogP contribution >= 0.6 is 0 Å². The molecule has 2 fully saturated rings. The summed E-state index contributed by atoms with van der Waals surface area (Å²) in [6.45, 7) is 1.11. The first-order valence-electron chi connectivity index (χ1n) is 7.97. The van der Waals surface area contributed by atoms with Crippen molar-refractivity contribution in [1.29, 1.82) is 5.26 Å². The number of aromatic amines is 1. The van der Waals surface area contributed by atoms with Gasteiger partial charge < -0.3 is 9.88 Å². The molecule has 2 aromatic rings. The van der Waals surface area contributed by atoms with E-state index in [-0.39, 0.29) is 23.8 Å². The van der Waals surface area contributed by atoms with Gasteiger partial charge in [0, 0.05) is 32.1 Å². The Bertz CT molecular complexity index is 897. The van der Waals surface area contributed by atoms with Crippen LogP contribution in [-0.4, -0.2) is 29.0 Å². The van der Waals surface area contributed by atoms with Crippen LogP contribution in [0.1, 0.15) is 31.2 Å². The van der Waals surface area contributed by atoms with Gasteiger partial charge in [-0.05, 0) is 30.4 Å². The highest BCUT2D eigenvalue weighted by Crippen LogP contribution is 2.57. The number of anilines is 1. The Hall–Kier alpha value is -2.49. The van der Waals surface area contributed by atoms with Crippen LogP contribution in [0, 0.1) is 16.7 Å². The van der Waals surface area contributed by atoms with Crippen LogP contribution in [0.5, 0.6) is 0 Å². The van der Waals surface area contributed by atoms with Gasteiger partial charge in [-0.15, -0.1) is 0 Å². The number of nitriles is 1. The summed E-state index contributed by atoms with van der Waals surface area (Å²) in [5.41, 5.74) is 0.991. The van der Waals surface area contributed by atoms with Gasteiger partial charge in [0.2, 0.25) is 5.92 Å². The van der Waals surface area contributed by atoms with Gasteiger partial charge in [0.05, 0.1) is 11.2 Å². The standard InChI is InChI=1S/C17H16F2N4O/c18-17(19)9-16(10-17)3-6-23(7-4-16)14-11(8-20)15(24)22-12-2-1-5-21-13(12)14/h1-2,5H,3-4,6-7,9-10H2,(H,22,24). The van der Waals surface area contributed by atoms with Gasteiger partial charge in [0.15, 0.2) is 0 Å². The average molecular weight is 330 g/mol. The van der Waals surface area contributed by atoms with E-state index >= 15 is 0 Å². The molecule has 4 rings (SSSR count). The number of alkyl halides is 2. The molecule has 5 nitrogen and oxygen atoms in total. The minimum Gasteiger partial charge on any atom is -0.368 e. The highest BCUT2D eigenvalue weighted by Gasteiger charge is 2.56. The lowest BCUT2D eigenvalue weighted by Gasteiger charge is -2.52. The average Bonchev–Trinajstić information content (AvgIpc) is 2.52. The lowest BCUT2D eigenvalue weighted by Crippen LogP contribution is -2.52. The lowest BCUT2D eigenvalue weighted by molar-refractivity contribution is -0.168. The summed E-state index contributed by atoms with van der Waals surface area (Å²) >= 11 is 0. The smallest absolute Gasteiger partial charge is 0.268 e. The Balaban J connectivity index is 1.70. The van der Waals surface area contributed by atoms with Gasteiger partial charge in [0.1, 0.15) is 17.1 Å². The maximum absolute atomic E-state index is 13.3. The Morgan fingerprint density at radius 2 is 2.00 bits per heavy atom. The Morgan fingerprint density at radius 3 is 2.62 bits per heavy atom. The van der Waals surface area contributed by atoms with Gasteiger partial charge in [-0.1, -0.05) is 0 Å². The molecule has 2 aliphatic rings. The van der Waals surface area contributed by atoms with Crippen molar-refractivity contribution in [3.05, 3.63) is 34.2 Å². The van der Waals surface area contributed by atoms with E-state index in [1.807, 2.05) is 11.0 Å². The van der Waals surface area contributed by atoms with E-state index in [1.54, 1.807) is 18.3 Å². The van der Waals surface area contributed by atoms with Crippen molar-refractivity contribution in [1.82, 2.24) is 9.97 Å². The zero-order valence-electron chi connectivity index (χ0n) is 13.0. The number of pyridine rings is 2. The van der Waals surface area contributed by atoms with E-state index in [4.69, 9.17) is 0 Å². The number of aromatic nitrogens is 2. The quantitative estimate of drug-likeness (QED) is 0.873. The fraction of sp³-hybridized carbons (Fsp3) is 0.471. The fourth-order valence-electron chi connectivity index (χ4n) is 4.12. The number of nitrogens with zero attached hydrogens (tertiary/aromatic N) is 3. The molecule has 7 heteroatoms. The number of hydrogen-bond donors (Lipinski definition) is 1. The first kappa shape index (κ1) is 15.1. The van der Waals surface area contributed by atoms with Crippen LogP contribution in [0.3, 0.4) is 0 Å². The van der Waals surface area contributed by atoms with Gasteiger partial charge in [-0.2, -0.15) is 5.26 Å². The van der Waals surface area contributed by atoms with Crippen molar-refractivity contribution in [2.24, 2.45) is 5.41 Å². The molecule has 3 heterocycles. The Labute approximate surface area is 136 Å². The Kier molecular flexibility index (Phi) is 3.14. The van der Waals surface area contributed by atoms with Gasteiger partial charge in [-0.25, -0.2) is 8.78 Å². The third kappa shape index (κ3) is 2.25. The lowest BCUT2D eigenvalue weighted by atomic mass is 9.61. The molecule has 1 spiro atoms. The number of piperidine rings is 1. The molecular formula is C17H16F2N4O. The highest BCUT2D eigenvalue weighted by molar-refractivity contribution is 5.91. The van der Waals surface area contributed by atoms with E-state index in [0.29, 0.717) is 42.7 Å². The van der Waals surface area contributed by atoms with Crippen molar-refractivity contribution in [2.45, 2.75) is 31.6 Å². The molecule has 1 N–H and O–H groups in total. The van der Waals surface area contributed by atoms with Gasteiger partial charge in [-0.3, -0.25) is 9.78 Å². The molecule has 0 aromatic carbocycles. The zero-order chi connectivity index (χ0) is 16.9. The monoisotopic (exact) mass is 330 g/mol. The third-order valence-electron chi connectivity index (χ3n) is 5.26. The maximum atomic E-state index is 13.3. The number of hydrogen-bond acceptors (Lipinski definition) is 4. The van der Waals surface area contributed by atoms with Crippen LogP contribution in [0.4, 0.5) is 14.5 Å². The van der Waals surface area contributed by atoms with Crippen LogP contribution in [0.2, 0.25) is 0 Å². The van der Waals surface area contributed by atoms with E-state index in [0.717, 1.165) is 0 Å². The predicted octanol–water partition coefficient (Wildman–Crippen LogP) is 2.81. The maximum Gasteiger partial charge on any atom is 0.268 e. The summed E-state index contributed by atoms with van der Waals surface area (Å²) in [4.78, 5) is 21.1. The molecular weight excluding hydrogens is 314 g/mol. The molecule has 0 bridgehead atoms. The summed E-state index contributed by atoms with van der Waals surface area (Å²) in [6, 6.07) is 5.43. The van der Waals surface area contributed by atoms with E-state index in [9.17, 15) is 18.8 Å². The highest BCUT2D eigenvalue weighted by atomic mass is 19.3. The van der Waals surface area contributed by atoms with Gasteiger partial charge in [0.25, 0.3) is 5.56 Å². The molecule has 24 heavy (non-hydrogen) atoms. The summed E-state index contributed by atoms with van der Waals surface area (Å²) in [5, 5.41) is 9.39. The van der Waals surface area contributed by atoms with Crippen molar-refractivity contribution in [3.63, 3.8) is 0 Å². The summed E-state index contributed by atoms with van der Waals surface area (Å²) < 4.78 is 26.5. The van der Waals surface area contributed by atoms with E-state index < -0.39 is 11.5 Å². The van der Waals surface area contributed by atoms with Crippen molar-refractivity contribution < 1.29 is 8.78 Å². The normalized spacial score (nSPS) is 21.5.